The van der Waals surface area contributed by atoms with Gasteiger partial charge in [-0.15, -0.1) is 0 Å². The largest absolute Gasteiger partial charge is 0.480 e. The van der Waals surface area contributed by atoms with Gasteiger partial charge >= 0.3 is 5.97 Å². The molecule has 1 saturated carbocycles. The molecule has 0 aliphatic heterocycles. The van der Waals surface area contributed by atoms with Crippen LogP contribution in [0.15, 0.2) is 43.0 Å². The lowest BCUT2D eigenvalue weighted by atomic mass is 10.1. The summed E-state index contributed by atoms with van der Waals surface area (Å²) in [6.45, 7) is 2.02. The number of imidazole rings is 1. The standard InChI is InChI=1S/C19H22N4O4/c1-13(19(26)27)23(16-5-6-16)18(25)14-3-2-4-15(11-14)21-17(24)7-9-22-10-8-20-12-22/h2-4,8,10-13,16H,5-7,9H2,1H3,(H,21,24)(H,26,27). The molecule has 8 nitrogen and oxygen atoms in total. The fraction of sp³-hybridized carbons (Fsp3) is 0.368. The Bertz CT molecular complexity index is 830. The van der Waals surface area contributed by atoms with Crippen LogP contribution < -0.4 is 5.32 Å². The molecule has 142 valence electrons. The Morgan fingerprint density at radius 1 is 1.37 bits per heavy atom. The van der Waals surface area contributed by atoms with Crippen molar-refractivity contribution in [2.45, 2.75) is 44.8 Å². The summed E-state index contributed by atoms with van der Waals surface area (Å²) in [4.78, 5) is 41.6. The molecule has 27 heavy (non-hydrogen) atoms. The second-order valence-electron chi connectivity index (χ2n) is 6.64. The molecule has 0 bridgehead atoms. The van der Waals surface area contributed by atoms with E-state index in [1.807, 2.05) is 0 Å². The van der Waals surface area contributed by atoms with Gasteiger partial charge < -0.3 is 19.9 Å². The third-order valence-electron chi connectivity index (χ3n) is 4.50. The molecule has 1 aliphatic carbocycles. The number of carbonyl (C=O) groups is 3. The first-order valence-electron chi connectivity index (χ1n) is 8.87. The summed E-state index contributed by atoms with van der Waals surface area (Å²) in [5.74, 6) is -1.53. The van der Waals surface area contributed by atoms with E-state index in [1.54, 1.807) is 47.6 Å². The van der Waals surface area contributed by atoms with Gasteiger partial charge in [0.05, 0.1) is 6.33 Å². The molecule has 0 radical (unpaired) electrons. The summed E-state index contributed by atoms with van der Waals surface area (Å²) in [6.07, 6.45) is 6.98. The van der Waals surface area contributed by atoms with Crippen molar-refractivity contribution in [3.8, 4) is 0 Å². The zero-order chi connectivity index (χ0) is 19.4. The minimum Gasteiger partial charge on any atom is -0.480 e. The predicted octanol–water partition coefficient (Wildman–Crippen LogP) is 1.99. The second kappa shape index (κ2) is 8.03. The van der Waals surface area contributed by atoms with Gasteiger partial charge in [-0.3, -0.25) is 9.59 Å². The van der Waals surface area contributed by atoms with Crippen LogP contribution >= 0.6 is 0 Å². The fourth-order valence-electron chi connectivity index (χ4n) is 2.88. The lowest BCUT2D eigenvalue weighted by Crippen LogP contribution is -2.44. The van der Waals surface area contributed by atoms with Crippen LogP contribution in [-0.2, 0) is 16.1 Å². The van der Waals surface area contributed by atoms with Crippen LogP contribution in [0.1, 0.15) is 36.5 Å². The Morgan fingerprint density at radius 3 is 2.78 bits per heavy atom. The number of carbonyl (C=O) groups excluding carboxylic acids is 2. The number of carboxylic acid groups (broad SMARTS) is 1. The molecule has 0 spiro atoms. The molecule has 1 unspecified atom stereocenters. The Balaban J connectivity index is 1.66. The first-order valence-corrected chi connectivity index (χ1v) is 8.87. The molecule has 8 heteroatoms. The number of rotatable bonds is 8. The first kappa shape index (κ1) is 18.6. The highest BCUT2D eigenvalue weighted by molar-refractivity contribution is 5.99. The highest BCUT2D eigenvalue weighted by Gasteiger charge is 2.38. The number of hydrogen-bond acceptors (Lipinski definition) is 4. The Morgan fingerprint density at radius 2 is 2.15 bits per heavy atom. The lowest BCUT2D eigenvalue weighted by molar-refractivity contribution is -0.141. The Labute approximate surface area is 156 Å². The van der Waals surface area contributed by atoms with E-state index in [2.05, 4.69) is 10.3 Å². The number of anilines is 1. The topological polar surface area (TPSA) is 105 Å². The molecule has 2 aromatic rings. The molecule has 3 rings (SSSR count). The van der Waals surface area contributed by atoms with Crippen molar-refractivity contribution in [3.05, 3.63) is 48.5 Å². The van der Waals surface area contributed by atoms with Crippen LogP contribution in [0.5, 0.6) is 0 Å². The fourth-order valence-corrected chi connectivity index (χ4v) is 2.88. The molecule has 2 amide bonds. The number of nitrogens with one attached hydrogen (secondary N) is 1. The first-order chi connectivity index (χ1) is 13.0. The summed E-state index contributed by atoms with van der Waals surface area (Å²) < 4.78 is 1.81. The third kappa shape index (κ3) is 4.72. The van der Waals surface area contributed by atoms with Crippen molar-refractivity contribution in [1.82, 2.24) is 14.5 Å². The van der Waals surface area contributed by atoms with Gasteiger partial charge in [-0.1, -0.05) is 6.07 Å². The lowest BCUT2D eigenvalue weighted by Gasteiger charge is -2.26. The van der Waals surface area contributed by atoms with Gasteiger partial charge in [0.15, 0.2) is 0 Å². The molecule has 2 N–H and O–H groups in total. The van der Waals surface area contributed by atoms with Gasteiger partial charge in [0, 0.05) is 42.7 Å². The molecule has 1 atom stereocenters. The summed E-state index contributed by atoms with van der Waals surface area (Å²) in [5.41, 5.74) is 0.873. The maximum Gasteiger partial charge on any atom is 0.326 e. The molecule has 1 aliphatic rings. The van der Waals surface area contributed by atoms with E-state index in [-0.39, 0.29) is 24.3 Å². The van der Waals surface area contributed by atoms with Gasteiger partial charge in [-0.25, -0.2) is 9.78 Å². The van der Waals surface area contributed by atoms with E-state index in [0.717, 1.165) is 12.8 Å². The average molecular weight is 370 g/mol. The number of amides is 2. The molecule has 1 heterocycles. The van der Waals surface area contributed by atoms with Gasteiger partial charge in [-0.05, 0) is 38.0 Å². The quantitative estimate of drug-likeness (QED) is 0.739. The van der Waals surface area contributed by atoms with Crippen molar-refractivity contribution in [2.24, 2.45) is 0 Å². The van der Waals surface area contributed by atoms with Gasteiger partial charge in [-0.2, -0.15) is 0 Å². The predicted molar refractivity (Wildman–Crippen MR) is 98.2 cm³/mol. The Hall–Kier alpha value is -3.16. The number of carboxylic acids is 1. The van der Waals surface area contributed by atoms with Crippen molar-refractivity contribution in [3.63, 3.8) is 0 Å². The number of aromatic nitrogens is 2. The van der Waals surface area contributed by atoms with Crippen molar-refractivity contribution < 1.29 is 19.5 Å². The van der Waals surface area contributed by atoms with Crippen molar-refractivity contribution in [1.29, 1.82) is 0 Å². The SMILES string of the molecule is CC(C(=O)O)N(C(=O)c1cccc(NC(=O)CCn2ccnc2)c1)C1CC1. The maximum atomic E-state index is 12.8. The van der Waals surface area contributed by atoms with E-state index in [0.29, 0.717) is 17.8 Å². The molecular weight excluding hydrogens is 348 g/mol. The number of hydrogen-bond donors (Lipinski definition) is 2. The van der Waals surface area contributed by atoms with Crippen LogP contribution in [0.2, 0.25) is 0 Å². The summed E-state index contributed by atoms with van der Waals surface area (Å²) in [5, 5.41) is 12.1. The van der Waals surface area contributed by atoms with Crippen LogP contribution in [-0.4, -0.2) is 49.4 Å². The summed E-state index contributed by atoms with van der Waals surface area (Å²) in [6, 6.07) is 5.67. The number of aryl methyl sites for hydroxylation is 1. The van der Waals surface area contributed by atoms with Crippen LogP contribution in [0.25, 0.3) is 0 Å². The molecule has 1 fully saturated rings. The molecule has 1 aromatic carbocycles. The highest BCUT2D eigenvalue weighted by Crippen LogP contribution is 2.30. The zero-order valence-corrected chi connectivity index (χ0v) is 15.0. The van der Waals surface area contributed by atoms with E-state index in [4.69, 9.17) is 0 Å². The van der Waals surface area contributed by atoms with Crippen molar-refractivity contribution >= 4 is 23.5 Å². The highest BCUT2D eigenvalue weighted by atomic mass is 16.4. The smallest absolute Gasteiger partial charge is 0.326 e. The van der Waals surface area contributed by atoms with Crippen LogP contribution in [0.3, 0.4) is 0 Å². The summed E-state index contributed by atoms with van der Waals surface area (Å²) in [7, 11) is 0. The van der Waals surface area contributed by atoms with Crippen LogP contribution in [0, 0.1) is 0 Å². The molecular formula is C19H22N4O4. The molecule has 0 saturated heterocycles. The minimum atomic E-state index is -1.03. The van der Waals surface area contributed by atoms with E-state index in [1.165, 1.54) is 11.8 Å². The summed E-state index contributed by atoms with van der Waals surface area (Å²) >= 11 is 0. The van der Waals surface area contributed by atoms with Gasteiger partial charge in [0.1, 0.15) is 6.04 Å². The number of benzene rings is 1. The normalized spacial score (nSPS) is 14.4. The minimum absolute atomic E-state index is 0.0305. The van der Waals surface area contributed by atoms with Crippen LogP contribution in [0.4, 0.5) is 5.69 Å². The number of nitrogens with zero attached hydrogens (tertiary/aromatic N) is 3. The molecule has 1 aromatic heterocycles. The van der Waals surface area contributed by atoms with Gasteiger partial charge in [0.2, 0.25) is 5.91 Å². The maximum absolute atomic E-state index is 12.8. The zero-order valence-electron chi connectivity index (χ0n) is 15.0. The van der Waals surface area contributed by atoms with E-state index in [9.17, 15) is 19.5 Å². The second-order valence-corrected chi connectivity index (χ2v) is 6.64. The van der Waals surface area contributed by atoms with E-state index < -0.39 is 12.0 Å². The monoisotopic (exact) mass is 370 g/mol. The average Bonchev–Trinajstić information content (AvgIpc) is 3.33. The Kier molecular flexibility index (Phi) is 5.54. The van der Waals surface area contributed by atoms with Gasteiger partial charge in [0.25, 0.3) is 5.91 Å². The number of aliphatic carboxylic acids is 1. The third-order valence-corrected chi connectivity index (χ3v) is 4.50. The van der Waals surface area contributed by atoms with E-state index >= 15 is 0 Å². The van der Waals surface area contributed by atoms with Crippen molar-refractivity contribution in [2.75, 3.05) is 5.32 Å².